The fourth-order valence-corrected chi connectivity index (χ4v) is 4.72. The van der Waals surface area contributed by atoms with E-state index in [4.69, 9.17) is 4.74 Å². The molecule has 1 aromatic rings. The molecule has 2 aliphatic rings. The first-order valence-corrected chi connectivity index (χ1v) is 8.69. The van der Waals surface area contributed by atoms with Gasteiger partial charge in [0, 0.05) is 10.1 Å². The van der Waals surface area contributed by atoms with Crippen LogP contribution in [-0.2, 0) is 15.5 Å². The minimum atomic E-state index is -0.914. The number of ether oxygens (including phenoxy) is 1. The van der Waals surface area contributed by atoms with Gasteiger partial charge in [0.25, 0.3) is 0 Å². The standard InChI is InChI=1S/C17H22O2S/c1-3-7-13-12-15(10-11-16-17(13,2)19-16)20(18)14-8-5-4-6-9-14/h4-9,15-16H,3,10-12H2,1-2H3/b13-7+/t15-,16-,17+,20?/m0/s1. The Hall–Kier alpha value is -0.930. The monoisotopic (exact) mass is 290 g/mol. The van der Waals surface area contributed by atoms with Gasteiger partial charge in [0.15, 0.2) is 0 Å². The van der Waals surface area contributed by atoms with E-state index in [0.29, 0.717) is 6.10 Å². The van der Waals surface area contributed by atoms with Crippen molar-refractivity contribution in [3.63, 3.8) is 0 Å². The molecule has 1 saturated carbocycles. The van der Waals surface area contributed by atoms with Crippen LogP contribution in [-0.4, -0.2) is 21.2 Å². The number of epoxide rings is 1. The topological polar surface area (TPSA) is 29.6 Å². The van der Waals surface area contributed by atoms with Crippen LogP contribution < -0.4 is 0 Å². The van der Waals surface area contributed by atoms with Crippen molar-refractivity contribution in [2.24, 2.45) is 0 Å². The predicted octanol–water partition coefficient (Wildman–Crippen LogP) is 3.84. The molecule has 2 nitrogen and oxygen atoms in total. The van der Waals surface area contributed by atoms with Gasteiger partial charge in [-0.15, -0.1) is 0 Å². The number of hydrogen-bond acceptors (Lipinski definition) is 2. The lowest BCUT2D eigenvalue weighted by atomic mass is 9.95. The number of benzene rings is 1. The zero-order valence-electron chi connectivity index (χ0n) is 12.2. The Morgan fingerprint density at radius 2 is 2.10 bits per heavy atom. The average Bonchev–Trinajstić information content (AvgIpc) is 3.15. The van der Waals surface area contributed by atoms with Crippen LogP contribution in [0, 0.1) is 0 Å². The van der Waals surface area contributed by atoms with E-state index < -0.39 is 10.8 Å². The van der Waals surface area contributed by atoms with E-state index in [1.54, 1.807) is 0 Å². The van der Waals surface area contributed by atoms with Crippen molar-refractivity contribution >= 4 is 10.8 Å². The molecule has 108 valence electrons. The van der Waals surface area contributed by atoms with Gasteiger partial charge in [-0.25, -0.2) is 0 Å². The third-order valence-electron chi connectivity index (χ3n) is 4.51. The zero-order chi connectivity index (χ0) is 14.2. The van der Waals surface area contributed by atoms with Gasteiger partial charge < -0.3 is 4.74 Å². The van der Waals surface area contributed by atoms with Gasteiger partial charge in [-0.2, -0.15) is 0 Å². The number of hydrogen-bond donors (Lipinski definition) is 0. The van der Waals surface area contributed by atoms with Gasteiger partial charge in [-0.05, 0) is 50.3 Å². The lowest BCUT2D eigenvalue weighted by Crippen LogP contribution is -2.19. The molecule has 0 aromatic heterocycles. The highest BCUT2D eigenvalue weighted by molar-refractivity contribution is 7.85. The molecule has 2 fully saturated rings. The Labute approximate surface area is 123 Å². The second kappa shape index (κ2) is 5.45. The van der Waals surface area contributed by atoms with E-state index >= 15 is 0 Å². The van der Waals surface area contributed by atoms with Crippen molar-refractivity contribution in [1.82, 2.24) is 0 Å². The lowest BCUT2D eigenvalue weighted by molar-refractivity contribution is 0.315. The molecule has 3 rings (SSSR count). The van der Waals surface area contributed by atoms with Crippen LogP contribution in [0.1, 0.15) is 39.5 Å². The van der Waals surface area contributed by atoms with Crippen LogP contribution in [0.4, 0.5) is 0 Å². The Bertz CT molecular complexity index is 537. The summed E-state index contributed by atoms with van der Waals surface area (Å²) in [5.74, 6) is 0. The smallest absolute Gasteiger partial charge is 0.113 e. The quantitative estimate of drug-likeness (QED) is 0.625. The maximum absolute atomic E-state index is 12.8. The summed E-state index contributed by atoms with van der Waals surface area (Å²) in [6, 6.07) is 9.86. The van der Waals surface area contributed by atoms with Crippen molar-refractivity contribution < 1.29 is 8.95 Å². The molecule has 1 aliphatic carbocycles. The van der Waals surface area contributed by atoms with E-state index in [1.807, 2.05) is 30.3 Å². The van der Waals surface area contributed by atoms with Gasteiger partial charge in [0.2, 0.25) is 0 Å². The van der Waals surface area contributed by atoms with E-state index in [1.165, 1.54) is 5.57 Å². The maximum Gasteiger partial charge on any atom is 0.113 e. The van der Waals surface area contributed by atoms with Crippen LogP contribution in [0.3, 0.4) is 0 Å². The molecule has 1 unspecified atom stereocenters. The van der Waals surface area contributed by atoms with E-state index in [0.717, 1.165) is 30.6 Å². The highest BCUT2D eigenvalue weighted by atomic mass is 32.2. The number of allylic oxidation sites excluding steroid dienone is 1. The van der Waals surface area contributed by atoms with Crippen molar-refractivity contribution in [2.45, 2.75) is 61.4 Å². The molecule has 1 aliphatic heterocycles. The summed E-state index contributed by atoms with van der Waals surface area (Å²) in [5.41, 5.74) is 1.29. The normalized spacial score (nSPS) is 36.2. The summed E-state index contributed by atoms with van der Waals surface area (Å²) in [4.78, 5) is 0.954. The van der Waals surface area contributed by atoms with E-state index in [-0.39, 0.29) is 10.9 Å². The minimum absolute atomic E-state index is 0.0638. The van der Waals surface area contributed by atoms with Crippen LogP contribution >= 0.6 is 0 Å². The highest BCUT2D eigenvalue weighted by Gasteiger charge is 2.56. The van der Waals surface area contributed by atoms with Gasteiger partial charge in [0.05, 0.1) is 16.9 Å². The zero-order valence-corrected chi connectivity index (χ0v) is 13.0. The molecule has 0 spiro atoms. The second-order valence-electron chi connectivity index (χ2n) is 5.87. The molecule has 1 aromatic carbocycles. The molecule has 4 atom stereocenters. The van der Waals surface area contributed by atoms with Crippen molar-refractivity contribution in [3.8, 4) is 0 Å². The fourth-order valence-electron chi connectivity index (χ4n) is 3.23. The molecule has 3 heteroatoms. The molecule has 0 bridgehead atoms. The summed E-state index contributed by atoms with van der Waals surface area (Å²) >= 11 is 0. The predicted molar refractivity (Wildman–Crippen MR) is 82.1 cm³/mol. The summed E-state index contributed by atoms with van der Waals surface area (Å²) < 4.78 is 18.6. The summed E-state index contributed by atoms with van der Waals surface area (Å²) in [6.45, 7) is 4.34. The summed E-state index contributed by atoms with van der Waals surface area (Å²) in [5, 5.41) is 0.225. The number of rotatable bonds is 3. The van der Waals surface area contributed by atoms with Crippen LogP contribution in [0.2, 0.25) is 0 Å². The first-order chi connectivity index (χ1) is 9.65. The van der Waals surface area contributed by atoms with Crippen LogP contribution in [0.15, 0.2) is 46.9 Å². The van der Waals surface area contributed by atoms with Gasteiger partial charge >= 0.3 is 0 Å². The Morgan fingerprint density at radius 3 is 2.80 bits per heavy atom. The molecular formula is C17H22O2S. The largest absolute Gasteiger partial charge is 0.362 e. The third-order valence-corrected chi connectivity index (χ3v) is 6.25. The molecule has 0 amide bonds. The third kappa shape index (κ3) is 2.49. The highest BCUT2D eigenvalue weighted by Crippen LogP contribution is 2.50. The second-order valence-corrected chi connectivity index (χ2v) is 7.60. The lowest BCUT2D eigenvalue weighted by Gasteiger charge is -2.18. The van der Waals surface area contributed by atoms with Gasteiger partial charge in [-0.1, -0.05) is 31.2 Å². The SMILES string of the molecule is CC/C=C1\C[C@@H](S(=O)c2ccccc2)CC[C@@H]2O[C@]12C. The van der Waals surface area contributed by atoms with Crippen molar-refractivity contribution in [3.05, 3.63) is 42.0 Å². The number of fused-ring (bicyclic) bond motifs is 1. The van der Waals surface area contributed by atoms with Crippen molar-refractivity contribution in [2.75, 3.05) is 0 Å². The molecular weight excluding hydrogens is 268 g/mol. The Kier molecular flexibility index (Phi) is 3.83. The molecule has 0 radical (unpaired) electrons. The van der Waals surface area contributed by atoms with Crippen LogP contribution in [0.5, 0.6) is 0 Å². The maximum atomic E-state index is 12.8. The first kappa shape index (κ1) is 14.0. The minimum Gasteiger partial charge on any atom is -0.362 e. The van der Waals surface area contributed by atoms with Gasteiger partial charge in [0.1, 0.15) is 5.60 Å². The summed E-state index contributed by atoms with van der Waals surface area (Å²) in [7, 11) is -0.914. The van der Waals surface area contributed by atoms with E-state index in [2.05, 4.69) is 19.9 Å². The van der Waals surface area contributed by atoms with Crippen molar-refractivity contribution in [1.29, 1.82) is 0 Å². The molecule has 20 heavy (non-hydrogen) atoms. The fraction of sp³-hybridized carbons (Fsp3) is 0.529. The average molecular weight is 290 g/mol. The van der Waals surface area contributed by atoms with Gasteiger partial charge in [-0.3, -0.25) is 4.21 Å². The van der Waals surface area contributed by atoms with E-state index in [9.17, 15) is 4.21 Å². The molecule has 1 heterocycles. The first-order valence-electron chi connectivity index (χ1n) is 7.48. The Balaban J connectivity index is 1.82. The van der Waals surface area contributed by atoms with Crippen LogP contribution in [0.25, 0.3) is 0 Å². The molecule has 1 saturated heterocycles. The molecule has 0 N–H and O–H groups in total. The Morgan fingerprint density at radius 1 is 1.35 bits per heavy atom. The summed E-state index contributed by atoms with van der Waals surface area (Å²) in [6.07, 6.45) is 6.57.